The van der Waals surface area contributed by atoms with Crippen molar-refractivity contribution in [2.75, 3.05) is 12.4 Å². The molecular formula is C19H17FN2O4S2. The van der Waals surface area contributed by atoms with Crippen LogP contribution < -0.4 is 5.56 Å². The summed E-state index contributed by atoms with van der Waals surface area (Å²) in [7, 11) is 0. The molecule has 3 aromatic rings. The van der Waals surface area contributed by atoms with Gasteiger partial charge in [-0.15, -0.1) is 11.3 Å². The third-order valence-electron chi connectivity index (χ3n) is 3.79. The number of thioether (sulfide) groups is 1. The zero-order valence-corrected chi connectivity index (χ0v) is 16.6. The smallest absolute Gasteiger partial charge is 0.313 e. The first kappa shape index (κ1) is 20.2. The fraction of sp³-hybridized carbons (Fsp3) is 0.263. The zero-order chi connectivity index (χ0) is 20.1. The van der Waals surface area contributed by atoms with Crippen LogP contribution in [0, 0.1) is 5.82 Å². The van der Waals surface area contributed by atoms with Gasteiger partial charge in [0.15, 0.2) is 10.9 Å². The van der Waals surface area contributed by atoms with Crippen molar-refractivity contribution in [3.05, 3.63) is 57.4 Å². The molecule has 6 nitrogen and oxygen atoms in total. The molecule has 0 atom stereocenters. The van der Waals surface area contributed by atoms with Gasteiger partial charge in [0.2, 0.25) is 0 Å². The predicted molar refractivity (Wildman–Crippen MR) is 106 cm³/mol. The van der Waals surface area contributed by atoms with Crippen LogP contribution in [-0.2, 0) is 20.9 Å². The Labute approximate surface area is 168 Å². The van der Waals surface area contributed by atoms with Gasteiger partial charge >= 0.3 is 5.97 Å². The molecule has 0 radical (unpaired) electrons. The summed E-state index contributed by atoms with van der Waals surface area (Å²) >= 11 is 2.39. The van der Waals surface area contributed by atoms with Crippen LogP contribution in [0.3, 0.4) is 0 Å². The van der Waals surface area contributed by atoms with E-state index < -0.39 is 5.97 Å². The van der Waals surface area contributed by atoms with Gasteiger partial charge in [0, 0.05) is 0 Å². The van der Waals surface area contributed by atoms with E-state index in [4.69, 9.17) is 4.74 Å². The Morgan fingerprint density at radius 1 is 1.25 bits per heavy atom. The van der Waals surface area contributed by atoms with Crippen LogP contribution >= 0.6 is 23.1 Å². The van der Waals surface area contributed by atoms with Crippen LogP contribution in [-0.4, -0.2) is 33.7 Å². The van der Waals surface area contributed by atoms with Crippen LogP contribution in [0.15, 0.2) is 45.7 Å². The summed E-state index contributed by atoms with van der Waals surface area (Å²) in [5.41, 5.74) is 1.08. The molecule has 0 aliphatic heterocycles. The Balaban J connectivity index is 1.85. The number of hydrogen-bond acceptors (Lipinski definition) is 7. The van der Waals surface area contributed by atoms with Crippen molar-refractivity contribution in [1.82, 2.24) is 9.55 Å². The Morgan fingerprint density at radius 2 is 2.00 bits per heavy atom. The number of esters is 1. The lowest BCUT2D eigenvalue weighted by Crippen LogP contribution is -2.23. The Morgan fingerprint density at radius 3 is 2.71 bits per heavy atom. The number of halogens is 1. The van der Waals surface area contributed by atoms with Gasteiger partial charge in [-0.2, -0.15) is 0 Å². The van der Waals surface area contributed by atoms with Crippen LogP contribution in [0.4, 0.5) is 4.39 Å². The van der Waals surface area contributed by atoms with Gasteiger partial charge < -0.3 is 4.74 Å². The van der Waals surface area contributed by atoms with E-state index in [9.17, 15) is 18.8 Å². The first-order chi connectivity index (χ1) is 13.5. The number of aromatic nitrogens is 2. The number of nitrogens with zero attached hydrogens (tertiary/aromatic N) is 2. The van der Waals surface area contributed by atoms with Gasteiger partial charge in [-0.05, 0) is 36.1 Å². The second-order valence-corrected chi connectivity index (χ2v) is 7.71. The fourth-order valence-electron chi connectivity index (χ4n) is 2.51. The molecule has 0 bridgehead atoms. The summed E-state index contributed by atoms with van der Waals surface area (Å²) < 4.78 is 19.9. The van der Waals surface area contributed by atoms with Gasteiger partial charge in [-0.25, -0.2) is 9.37 Å². The summed E-state index contributed by atoms with van der Waals surface area (Å²) in [6.07, 6.45) is -0.316. The Bertz CT molecular complexity index is 1060. The predicted octanol–water partition coefficient (Wildman–Crippen LogP) is 3.26. The summed E-state index contributed by atoms with van der Waals surface area (Å²) in [5, 5.41) is 2.15. The number of rotatable bonds is 8. The minimum atomic E-state index is -0.571. The molecule has 0 aliphatic rings. The minimum absolute atomic E-state index is 0.00961. The first-order valence-corrected chi connectivity index (χ1v) is 10.4. The van der Waals surface area contributed by atoms with Crippen molar-refractivity contribution in [1.29, 1.82) is 0 Å². The molecule has 0 N–H and O–H groups in total. The second kappa shape index (κ2) is 9.11. The number of carbonyl (C=O) groups is 2. The largest absolute Gasteiger partial charge is 0.466 e. The molecule has 2 heterocycles. The molecule has 0 unspecified atom stereocenters. The topological polar surface area (TPSA) is 78.3 Å². The number of ether oxygens (including phenoxy) is 1. The number of ketones is 1. The fourth-order valence-corrected chi connectivity index (χ4v) is 4.15. The van der Waals surface area contributed by atoms with Crippen molar-refractivity contribution in [2.45, 2.75) is 25.0 Å². The van der Waals surface area contributed by atoms with Crippen molar-refractivity contribution < 1.29 is 18.7 Å². The zero-order valence-electron chi connectivity index (χ0n) is 15.0. The molecule has 28 heavy (non-hydrogen) atoms. The molecule has 0 aliphatic carbocycles. The Hall–Kier alpha value is -2.52. The average Bonchev–Trinajstić information content (AvgIpc) is 3.13. The number of Topliss-reactive ketones (excluding diaryl/α,β-unsaturated/α-hetero) is 1. The highest BCUT2D eigenvalue weighted by molar-refractivity contribution is 7.99. The number of fused-ring (bicyclic) bond motifs is 1. The van der Waals surface area contributed by atoms with E-state index in [1.165, 1.54) is 28.0 Å². The van der Waals surface area contributed by atoms with Gasteiger partial charge in [-0.1, -0.05) is 23.9 Å². The van der Waals surface area contributed by atoms with Crippen LogP contribution in [0.1, 0.15) is 18.9 Å². The maximum absolute atomic E-state index is 13.2. The van der Waals surface area contributed by atoms with E-state index >= 15 is 0 Å². The molecule has 0 saturated carbocycles. The molecule has 3 rings (SSSR count). The second-order valence-electron chi connectivity index (χ2n) is 5.86. The maximum Gasteiger partial charge on any atom is 0.313 e. The number of benzene rings is 1. The number of hydrogen-bond donors (Lipinski definition) is 0. The standard InChI is InChI=1S/C19H17FN2O4S2/c1-2-26-16(24)9-14(23)11-28-19-21-15-7-8-27-17(15)18(25)22(19)10-12-3-5-13(20)6-4-12/h3-8H,2,9-11H2,1H3. The third kappa shape index (κ3) is 4.85. The molecule has 0 spiro atoms. The highest BCUT2D eigenvalue weighted by atomic mass is 32.2. The van der Waals surface area contributed by atoms with E-state index in [2.05, 4.69) is 4.98 Å². The lowest BCUT2D eigenvalue weighted by molar-refractivity contribution is -0.145. The molecule has 0 saturated heterocycles. The Kier molecular flexibility index (Phi) is 6.58. The van der Waals surface area contributed by atoms with Gasteiger partial charge in [0.25, 0.3) is 5.56 Å². The lowest BCUT2D eigenvalue weighted by atomic mass is 10.2. The molecular weight excluding hydrogens is 403 g/mol. The van der Waals surface area contributed by atoms with Crippen LogP contribution in [0.25, 0.3) is 10.2 Å². The summed E-state index contributed by atoms with van der Waals surface area (Å²) in [4.78, 5) is 40.8. The monoisotopic (exact) mass is 420 g/mol. The summed E-state index contributed by atoms with van der Waals surface area (Å²) in [5.74, 6) is -1.25. The first-order valence-electron chi connectivity index (χ1n) is 8.50. The third-order valence-corrected chi connectivity index (χ3v) is 5.72. The van der Waals surface area contributed by atoms with Crippen molar-refractivity contribution in [2.24, 2.45) is 0 Å². The molecule has 1 aromatic carbocycles. The molecule has 0 fully saturated rings. The van der Waals surface area contributed by atoms with Crippen molar-refractivity contribution in [3.8, 4) is 0 Å². The quantitative estimate of drug-likeness (QED) is 0.241. The lowest BCUT2D eigenvalue weighted by Gasteiger charge is -2.12. The number of thiophene rings is 1. The minimum Gasteiger partial charge on any atom is -0.466 e. The molecule has 0 amide bonds. The SMILES string of the molecule is CCOC(=O)CC(=O)CSc1nc2ccsc2c(=O)n1Cc1ccc(F)cc1. The van der Waals surface area contributed by atoms with E-state index in [0.29, 0.717) is 15.4 Å². The van der Waals surface area contributed by atoms with E-state index in [1.54, 1.807) is 30.5 Å². The average molecular weight is 420 g/mol. The maximum atomic E-state index is 13.2. The van der Waals surface area contributed by atoms with Crippen LogP contribution in [0.5, 0.6) is 0 Å². The van der Waals surface area contributed by atoms with E-state index in [0.717, 1.165) is 17.3 Å². The van der Waals surface area contributed by atoms with Crippen LogP contribution in [0.2, 0.25) is 0 Å². The van der Waals surface area contributed by atoms with Gasteiger partial charge in [-0.3, -0.25) is 19.0 Å². The highest BCUT2D eigenvalue weighted by Crippen LogP contribution is 2.22. The van der Waals surface area contributed by atoms with Gasteiger partial charge in [0.05, 0.1) is 24.4 Å². The number of carbonyl (C=O) groups excluding carboxylic acids is 2. The summed E-state index contributed by atoms with van der Waals surface area (Å²) in [6, 6.07) is 7.59. The molecule has 146 valence electrons. The summed E-state index contributed by atoms with van der Waals surface area (Å²) in [6.45, 7) is 2.09. The van der Waals surface area contributed by atoms with Crippen molar-refractivity contribution >= 4 is 45.1 Å². The molecule has 2 aromatic heterocycles. The van der Waals surface area contributed by atoms with Crippen molar-refractivity contribution in [3.63, 3.8) is 0 Å². The molecule has 9 heteroatoms. The van der Waals surface area contributed by atoms with E-state index in [-0.39, 0.29) is 42.5 Å². The normalized spacial score (nSPS) is 10.9. The highest BCUT2D eigenvalue weighted by Gasteiger charge is 2.16. The van der Waals surface area contributed by atoms with E-state index in [1.807, 2.05) is 0 Å². The van der Waals surface area contributed by atoms with Gasteiger partial charge in [0.1, 0.15) is 16.9 Å².